The van der Waals surface area contributed by atoms with E-state index in [9.17, 15) is 0 Å². The molecule has 0 spiro atoms. The number of aromatic nitrogens is 1. The molecule has 24 heavy (non-hydrogen) atoms. The zero-order valence-corrected chi connectivity index (χ0v) is 14.5. The number of hydrogen-bond acceptors (Lipinski definition) is 3. The van der Waals surface area contributed by atoms with Gasteiger partial charge in [0, 0.05) is 31.2 Å². The predicted molar refractivity (Wildman–Crippen MR) is 96.5 cm³/mol. The first kappa shape index (κ1) is 14.9. The normalized spacial score (nSPS) is 37.8. The Kier molecular flexibility index (Phi) is 3.81. The Morgan fingerprint density at radius 1 is 1.04 bits per heavy atom. The molecule has 4 aliphatic heterocycles. The van der Waals surface area contributed by atoms with Gasteiger partial charge in [0.25, 0.3) is 0 Å². The first-order chi connectivity index (χ1) is 11.9. The fraction of sp³-hybridized carbons (Fsp3) is 0.700. The molecule has 0 radical (unpaired) electrons. The van der Waals surface area contributed by atoms with Gasteiger partial charge in [0.15, 0.2) is 5.82 Å². The summed E-state index contributed by atoms with van der Waals surface area (Å²) in [5, 5.41) is 0. The van der Waals surface area contributed by atoms with Crippen LogP contribution in [0.3, 0.4) is 0 Å². The lowest BCUT2D eigenvalue weighted by Gasteiger charge is -2.59. The minimum Gasteiger partial charge on any atom is -0.356 e. The van der Waals surface area contributed by atoms with Crippen LogP contribution in [0.5, 0.6) is 0 Å². The van der Waals surface area contributed by atoms with Crippen LogP contribution >= 0.6 is 0 Å². The lowest BCUT2D eigenvalue weighted by Crippen LogP contribution is -2.66. The fourth-order valence-electron chi connectivity index (χ4n) is 5.95. The molecule has 0 N–H and O–H groups in total. The van der Waals surface area contributed by atoms with E-state index in [1.165, 1.54) is 64.0 Å². The van der Waals surface area contributed by atoms with E-state index in [1.54, 1.807) is 0 Å². The van der Waals surface area contributed by atoms with Crippen LogP contribution in [0.2, 0.25) is 0 Å². The van der Waals surface area contributed by atoms with Gasteiger partial charge in [-0.15, -0.1) is 0 Å². The van der Waals surface area contributed by atoms with Crippen LogP contribution in [0.1, 0.15) is 44.9 Å². The van der Waals surface area contributed by atoms with E-state index in [0.717, 1.165) is 36.2 Å². The highest BCUT2D eigenvalue weighted by Crippen LogP contribution is 2.45. The molecule has 0 unspecified atom stereocenters. The van der Waals surface area contributed by atoms with Crippen molar-refractivity contribution in [2.75, 3.05) is 19.6 Å². The summed E-state index contributed by atoms with van der Waals surface area (Å²) in [7, 11) is 0. The molecule has 0 amide bonds. The topological polar surface area (TPSA) is 31.7 Å². The predicted octanol–water partition coefficient (Wildman–Crippen LogP) is 3.47. The largest absolute Gasteiger partial charge is 0.356 e. The monoisotopic (exact) mass is 324 g/mol. The van der Waals surface area contributed by atoms with Gasteiger partial charge >= 0.3 is 0 Å². The molecule has 5 heterocycles. The zero-order chi connectivity index (χ0) is 15.9. The third-order valence-corrected chi connectivity index (χ3v) is 6.80. The Labute approximate surface area is 145 Å². The molecule has 4 saturated heterocycles. The number of nitrogens with zero attached hydrogens (tertiary/aromatic N) is 4. The lowest BCUT2D eigenvalue weighted by molar-refractivity contribution is -0.0604. The van der Waals surface area contributed by atoms with Gasteiger partial charge in [-0.05, 0) is 75.6 Å². The average molecular weight is 324 g/mol. The van der Waals surface area contributed by atoms with Crippen LogP contribution in [0.15, 0.2) is 29.4 Å². The molecule has 4 atom stereocenters. The van der Waals surface area contributed by atoms with E-state index in [4.69, 9.17) is 4.99 Å². The van der Waals surface area contributed by atoms with Gasteiger partial charge in [-0.3, -0.25) is 4.90 Å². The molecule has 4 heteroatoms. The molecule has 0 bridgehead atoms. The summed E-state index contributed by atoms with van der Waals surface area (Å²) in [6.07, 6.45) is 11.3. The number of hydrogen-bond donors (Lipinski definition) is 0. The third kappa shape index (κ3) is 2.46. The van der Waals surface area contributed by atoms with Crippen LogP contribution in [-0.4, -0.2) is 52.3 Å². The SMILES string of the molecule is c1ccc(/N=C2\CCC[C@@H]3[C@H]4CCCN5CCC[C@H](CN23)[C@@H]45)nc1. The Morgan fingerprint density at radius 3 is 2.83 bits per heavy atom. The summed E-state index contributed by atoms with van der Waals surface area (Å²) >= 11 is 0. The smallest absolute Gasteiger partial charge is 0.153 e. The van der Waals surface area contributed by atoms with Crippen LogP contribution in [-0.2, 0) is 0 Å². The molecule has 0 aromatic carbocycles. The Balaban J connectivity index is 1.47. The summed E-state index contributed by atoms with van der Waals surface area (Å²) in [6.45, 7) is 3.92. The lowest BCUT2D eigenvalue weighted by atomic mass is 9.68. The number of amidine groups is 1. The number of aliphatic imine (C=N–C) groups is 1. The van der Waals surface area contributed by atoms with Gasteiger partial charge in [0.05, 0.1) is 0 Å². The second-order valence-electron chi connectivity index (χ2n) is 8.06. The average Bonchev–Trinajstić information content (AvgIpc) is 2.64. The van der Waals surface area contributed by atoms with Gasteiger partial charge < -0.3 is 4.90 Å². The van der Waals surface area contributed by atoms with Gasteiger partial charge in [0.1, 0.15) is 5.84 Å². The maximum Gasteiger partial charge on any atom is 0.153 e. The fourth-order valence-corrected chi connectivity index (χ4v) is 5.95. The van der Waals surface area contributed by atoms with Gasteiger partial charge in [-0.25, -0.2) is 9.98 Å². The van der Waals surface area contributed by atoms with Crippen LogP contribution < -0.4 is 0 Å². The van der Waals surface area contributed by atoms with Crippen molar-refractivity contribution < 1.29 is 0 Å². The first-order valence-electron chi connectivity index (χ1n) is 9.89. The molecule has 1 aromatic rings. The summed E-state index contributed by atoms with van der Waals surface area (Å²) in [4.78, 5) is 14.9. The van der Waals surface area contributed by atoms with E-state index < -0.39 is 0 Å². The summed E-state index contributed by atoms with van der Waals surface area (Å²) in [5.41, 5.74) is 0. The van der Waals surface area contributed by atoms with Gasteiger partial charge in [0.2, 0.25) is 0 Å². The molecular formula is C20H28N4. The van der Waals surface area contributed by atoms with Crippen molar-refractivity contribution in [2.24, 2.45) is 16.8 Å². The van der Waals surface area contributed by atoms with E-state index in [2.05, 4.69) is 14.8 Å². The van der Waals surface area contributed by atoms with Crippen molar-refractivity contribution in [1.82, 2.24) is 14.8 Å². The summed E-state index contributed by atoms with van der Waals surface area (Å²) < 4.78 is 0. The number of piperidine rings is 4. The van der Waals surface area contributed by atoms with E-state index >= 15 is 0 Å². The first-order valence-corrected chi connectivity index (χ1v) is 9.89. The maximum absolute atomic E-state index is 4.96. The highest BCUT2D eigenvalue weighted by molar-refractivity contribution is 5.85. The van der Waals surface area contributed by atoms with Crippen LogP contribution in [0.25, 0.3) is 0 Å². The minimum atomic E-state index is 0.725. The molecular weight excluding hydrogens is 296 g/mol. The number of rotatable bonds is 1. The molecule has 4 aliphatic rings. The minimum absolute atomic E-state index is 0.725. The second-order valence-corrected chi connectivity index (χ2v) is 8.06. The van der Waals surface area contributed by atoms with Crippen LogP contribution in [0.4, 0.5) is 5.82 Å². The van der Waals surface area contributed by atoms with E-state index in [1.807, 2.05) is 24.4 Å². The number of fused-ring (bicyclic) bond motifs is 2. The number of pyridine rings is 1. The second kappa shape index (κ2) is 6.14. The van der Waals surface area contributed by atoms with E-state index in [0.29, 0.717) is 0 Å². The van der Waals surface area contributed by atoms with Crippen molar-refractivity contribution in [1.29, 1.82) is 0 Å². The molecule has 0 saturated carbocycles. The van der Waals surface area contributed by atoms with Crippen molar-refractivity contribution in [2.45, 2.75) is 57.0 Å². The summed E-state index contributed by atoms with van der Waals surface area (Å²) in [5.74, 6) is 3.91. The molecule has 0 aliphatic carbocycles. The standard InChI is InChI=1S/C20H28N4/c1-2-11-21-18(9-1)22-19-10-3-8-17-16-7-5-13-23-12-4-6-15(20(16)23)14-24(17)19/h1-2,9,11,15-17,20H,3-8,10,12-14H2/b22-19+/t15-,16-,17-,20+/m1/s1. The highest BCUT2D eigenvalue weighted by atomic mass is 15.3. The molecule has 1 aromatic heterocycles. The summed E-state index contributed by atoms with van der Waals surface area (Å²) in [6, 6.07) is 7.63. The van der Waals surface area contributed by atoms with E-state index in [-0.39, 0.29) is 0 Å². The quantitative estimate of drug-likeness (QED) is 0.793. The van der Waals surface area contributed by atoms with Gasteiger partial charge in [-0.1, -0.05) is 6.07 Å². The molecule has 4 nitrogen and oxygen atoms in total. The zero-order valence-electron chi connectivity index (χ0n) is 14.5. The van der Waals surface area contributed by atoms with Crippen molar-refractivity contribution in [3.8, 4) is 0 Å². The Hall–Kier alpha value is -1.42. The van der Waals surface area contributed by atoms with Crippen molar-refractivity contribution in [3.05, 3.63) is 24.4 Å². The third-order valence-electron chi connectivity index (χ3n) is 6.80. The molecule has 5 rings (SSSR count). The van der Waals surface area contributed by atoms with Crippen LogP contribution in [0, 0.1) is 11.8 Å². The molecule has 128 valence electrons. The maximum atomic E-state index is 4.96. The van der Waals surface area contributed by atoms with Crippen molar-refractivity contribution in [3.63, 3.8) is 0 Å². The Morgan fingerprint density at radius 2 is 1.96 bits per heavy atom. The molecule has 4 fully saturated rings. The van der Waals surface area contributed by atoms with Crippen molar-refractivity contribution >= 4 is 11.7 Å². The Bertz CT molecular complexity index is 611. The highest BCUT2D eigenvalue weighted by Gasteiger charge is 2.49. The van der Waals surface area contributed by atoms with Gasteiger partial charge in [-0.2, -0.15) is 0 Å².